The molecule has 0 aliphatic carbocycles. The first-order valence-electron chi connectivity index (χ1n) is 6.47. The van der Waals surface area contributed by atoms with Crippen LogP contribution in [0.4, 0.5) is 0 Å². The van der Waals surface area contributed by atoms with Crippen molar-refractivity contribution in [1.82, 2.24) is 4.90 Å². The van der Waals surface area contributed by atoms with Crippen molar-refractivity contribution in [2.45, 2.75) is 18.9 Å². The minimum atomic E-state index is 0.141. The molecule has 1 heterocycles. The van der Waals surface area contributed by atoms with Gasteiger partial charge in [0.2, 0.25) is 0 Å². The standard InChI is InChI=1S/C14H21BrN2O/c1-17-8-6-11(7-9-17)14(16)10-18-13-4-2-12(15)3-5-13/h2-5,11,14H,6-10,16H2,1H3. The molecule has 3 nitrogen and oxygen atoms in total. The lowest BCUT2D eigenvalue weighted by molar-refractivity contribution is 0.166. The van der Waals surface area contributed by atoms with E-state index in [1.807, 2.05) is 24.3 Å². The Hall–Kier alpha value is -0.580. The minimum absolute atomic E-state index is 0.141. The molecule has 1 unspecified atom stereocenters. The molecule has 1 fully saturated rings. The fraction of sp³-hybridized carbons (Fsp3) is 0.571. The second-order valence-corrected chi connectivity index (χ2v) is 5.99. The van der Waals surface area contributed by atoms with Gasteiger partial charge in [-0.3, -0.25) is 0 Å². The highest BCUT2D eigenvalue weighted by Crippen LogP contribution is 2.20. The van der Waals surface area contributed by atoms with Crippen molar-refractivity contribution >= 4 is 15.9 Å². The lowest BCUT2D eigenvalue weighted by Crippen LogP contribution is -2.42. The molecular weight excluding hydrogens is 292 g/mol. The normalized spacial score (nSPS) is 19.7. The van der Waals surface area contributed by atoms with Crippen molar-refractivity contribution < 1.29 is 4.74 Å². The molecule has 100 valence electrons. The maximum Gasteiger partial charge on any atom is 0.119 e. The van der Waals surface area contributed by atoms with Crippen LogP contribution in [-0.2, 0) is 0 Å². The Balaban J connectivity index is 1.77. The summed E-state index contributed by atoms with van der Waals surface area (Å²) in [5, 5.41) is 0. The van der Waals surface area contributed by atoms with Crippen LogP contribution in [0.25, 0.3) is 0 Å². The van der Waals surface area contributed by atoms with E-state index in [4.69, 9.17) is 10.5 Å². The SMILES string of the molecule is CN1CCC(C(N)COc2ccc(Br)cc2)CC1. The molecule has 1 saturated heterocycles. The molecule has 0 radical (unpaired) electrons. The fourth-order valence-corrected chi connectivity index (χ4v) is 2.58. The molecule has 4 heteroatoms. The average Bonchev–Trinajstić information content (AvgIpc) is 2.38. The Morgan fingerprint density at radius 1 is 1.33 bits per heavy atom. The molecule has 2 N–H and O–H groups in total. The van der Waals surface area contributed by atoms with Gasteiger partial charge in [0.1, 0.15) is 12.4 Å². The number of nitrogens with zero attached hydrogens (tertiary/aromatic N) is 1. The van der Waals surface area contributed by atoms with Gasteiger partial charge in [-0.05, 0) is 63.2 Å². The Morgan fingerprint density at radius 3 is 2.56 bits per heavy atom. The molecule has 0 amide bonds. The zero-order valence-electron chi connectivity index (χ0n) is 10.8. The zero-order valence-corrected chi connectivity index (χ0v) is 12.4. The number of halogens is 1. The summed E-state index contributed by atoms with van der Waals surface area (Å²) < 4.78 is 6.81. The Bertz CT molecular complexity index is 361. The molecule has 0 bridgehead atoms. The first kappa shape index (κ1) is 13.8. The quantitative estimate of drug-likeness (QED) is 0.928. The Morgan fingerprint density at radius 2 is 1.94 bits per heavy atom. The lowest BCUT2D eigenvalue weighted by Gasteiger charge is -2.32. The number of rotatable bonds is 4. The number of benzene rings is 1. The summed E-state index contributed by atoms with van der Waals surface area (Å²) in [6, 6.07) is 8.03. The number of hydrogen-bond donors (Lipinski definition) is 1. The molecule has 1 atom stereocenters. The summed E-state index contributed by atoms with van der Waals surface area (Å²) in [6.45, 7) is 2.91. The van der Waals surface area contributed by atoms with Gasteiger partial charge in [0.25, 0.3) is 0 Å². The monoisotopic (exact) mass is 312 g/mol. The van der Waals surface area contributed by atoms with E-state index in [-0.39, 0.29) is 6.04 Å². The van der Waals surface area contributed by atoms with Gasteiger partial charge in [0.15, 0.2) is 0 Å². The second kappa shape index (κ2) is 6.55. The van der Waals surface area contributed by atoms with Gasteiger partial charge in [-0.15, -0.1) is 0 Å². The van der Waals surface area contributed by atoms with Crippen LogP contribution < -0.4 is 10.5 Å². The van der Waals surface area contributed by atoms with E-state index in [0.29, 0.717) is 12.5 Å². The van der Waals surface area contributed by atoms with Crippen LogP contribution in [0.5, 0.6) is 5.75 Å². The van der Waals surface area contributed by atoms with E-state index in [1.165, 1.54) is 12.8 Å². The van der Waals surface area contributed by atoms with Crippen LogP contribution in [-0.4, -0.2) is 37.7 Å². The van der Waals surface area contributed by atoms with E-state index in [2.05, 4.69) is 27.9 Å². The Labute approximate surface area is 117 Å². The topological polar surface area (TPSA) is 38.5 Å². The highest BCUT2D eigenvalue weighted by atomic mass is 79.9. The van der Waals surface area contributed by atoms with Gasteiger partial charge in [-0.1, -0.05) is 15.9 Å². The molecule has 0 saturated carbocycles. The maximum atomic E-state index is 6.22. The predicted molar refractivity (Wildman–Crippen MR) is 77.8 cm³/mol. The van der Waals surface area contributed by atoms with Gasteiger partial charge >= 0.3 is 0 Å². The third kappa shape index (κ3) is 3.97. The van der Waals surface area contributed by atoms with Crippen molar-refractivity contribution in [2.24, 2.45) is 11.7 Å². The van der Waals surface area contributed by atoms with Crippen molar-refractivity contribution in [2.75, 3.05) is 26.7 Å². The summed E-state index contributed by atoms with van der Waals surface area (Å²) >= 11 is 3.41. The van der Waals surface area contributed by atoms with Gasteiger partial charge < -0.3 is 15.4 Å². The van der Waals surface area contributed by atoms with Crippen molar-refractivity contribution in [3.63, 3.8) is 0 Å². The third-order valence-corrected chi connectivity index (χ3v) is 4.15. The highest BCUT2D eigenvalue weighted by Gasteiger charge is 2.22. The van der Waals surface area contributed by atoms with Gasteiger partial charge in [-0.2, -0.15) is 0 Å². The van der Waals surface area contributed by atoms with E-state index in [0.717, 1.165) is 23.3 Å². The summed E-state index contributed by atoms with van der Waals surface area (Å²) in [7, 11) is 2.17. The molecule has 1 aliphatic rings. The lowest BCUT2D eigenvalue weighted by atomic mass is 9.90. The van der Waals surface area contributed by atoms with Crippen LogP contribution >= 0.6 is 15.9 Å². The van der Waals surface area contributed by atoms with Crippen LogP contribution in [0.1, 0.15) is 12.8 Å². The van der Waals surface area contributed by atoms with Crippen molar-refractivity contribution in [3.8, 4) is 5.75 Å². The summed E-state index contributed by atoms with van der Waals surface area (Å²) in [6.07, 6.45) is 2.36. The first-order chi connectivity index (χ1) is 8.65. The van der Waals surface area contributed by atoms with Crippen molar-refractivity contribution in [1.29, 1.82) is 0 Å². The predicted octanol–water partition coefficient (Wildman–Crippen LogP) is 2.50. The number of hydrogen-bond acceptors (Lipinski definition) is 3. The summed E-state index contributed by atoms with van der Waals surface area (Å²) in [5.74, 6) is 1.48. The average molecular weight is 313 g/mol. The van der Waals surface area contributed by atoms with E-state index < -0.39 is 0 Å². The molecule has 0 spiro atoms. The molecule has 1 aromatic rings. The summed E-state index contributed by atoms with van der Waals surface area (Å²) in [4.78, 5) is 2.36. The highest BCUT2D eigenvalue weighted by molar-refractivity contribution is 9.10. The van der Waals surface area contributed by atoms with Crippen LogP contribution in [0, 0.1) is 5.92 Å². The van der Waals surface area contributed by atoms with Crippen LogP contribution in [0.3, 0.4) is 0 Å². The summed E-state index contributed by atoms with van der Waals surface area (Å²) in [5.41, 5.74) is 6.22. The van der Waals surface area contributed by atoms with Crippen LogP contribution in [0.2, 0.25) is 0 Å². The van der Waals surface area contributed by atoms with Gasteiger partial charge in [0, 0.05) is 10.5 Å². The molecule has 0 aromatic heterocycles. The van der Waals surface area contributed by atoms with Gasteiger partial charge in [0.05, 0.1) is 0 Å². The molecule has 1 aliphatic heterocycles. The molecule has 1 aromatic carbocycles. The third-order valence-electron chi connectivity index (χ3n) is 3.62. The Kier molecular flexibility index (Phi) is 5.03. The minimum Gasteiger partial charge on any atom is -0.492 e. The largest absolute Gasteiger partial charge is 0.492 e. The first-order valence-corrected chi connectivity index (χ1v) is 7.27. The van der Waals surface area contributed by atoms with Gasteiger partial charge in [-0.25, -0.2) is 0 Å². The molecule has 18 heavy (non-hydrogen) atoms. The number of ether oxygens (including phenoxy) is 1. The maximum absolute atomic E-state index is 6.22. The zero-order chi connectivity index (χ0) is 13.0. The molecular formula is C14H21BrN2O. The number of piperidine rings is 1. The fourth-order valence-electron chi connectivity index (χ4n) is 2.32. The van der Waals surface area contributed by atoms with Crippen molar-refractivity contribution in [3.05, 3.63) is 28.7 Å². The van der Waals surface area contributed by atoms with Crippen LogP contribution in [0.15, 0.2) is 28.7 Å². The van der Waals surface area contributed by atoms with E-state index >= 15 is 0 Å². The smallest absolute Gasteiger partial charge is 0.119 e. The molecule has 2 rings (SSSR count). The number of likely N-dealkylation sites (tertiary alicyclic amines) is 1. The van der Waals surface area contributed by atoms with E-state index in [9.17, 15) is 0 Å². The second-order valence-electron chi connectivity index (χ2n) is 5.07. The van der Waals surface area contributed by atoms with E-state index in [1.54, 1.807) is 0 Å². The number of nitrogens with two attached hydrogens (primary N) is 1.